The lowest BCUT2D eigenvalue weighted by atomic mass is 9.99. The minimum Gasteiger partial charge on any atom is -0.490 e. The molecule has 0 unspecified atom stereocenters. The number of halogens is 1. The molecule has 4 aromatic rings. The molecule has 1 heterocycles. The molecule has 1 aliphatic heterocycles. The fraction of sp³-hybridized carbons (Fsp3) is 0.143. The molecule has 0 fully saturated rings. The number of hydrogen-bond donors (Lipinski definition) is 1. The molecule has 1 aliphatic rings. The smallest absolute Gasteiger partial charge is 0.285 e. The molecule has 10 heteroatoms. The highest BCUT2D eigenvalue weighted by molar-refractivity contribution is 14.1. The molecule has 0 spiro atoms. The number of rotatable bonds is 14. The van der Waals surface area contributed by atoms with Crippen molar-refractivity contribution < 1.29 is 23.9 Å². The minimum absolute atomic E-state index is 0.0886. The topological polar surface area (TPSA) is 97.3 Å². The van der Waals surface area contributed by atoms with Crippen LogP contribution in [0, 0.1) is 3.57 Å². The number of allylic oxidation sites excluding steroid dienone is 4. The van der Waals surface area contributed by atoms with E-state index < -0.39 is 11.8 Å². The van der Waals surface area contributed by atoms with Crippen LogP contribution in [-0.4, -0.2) is 40.1 Å². The molecule has 264 valence electrons. The van der Waals surface area contributed by atoms with Crippen molar-refractivity contribution in [1.29, 1.82) is 0 Å². The maximum atomic E-state index is 14.2. The Hall–Kier alpha value is -5.20. The number of aliphatic imine (C=N–C) groups is 1. The maximum absolute atomic E-state index is 14.2. The first kappa shape index (κ1) is 38.0. The lowest BCUT2D eigenvalue weighted by molar-refractivity contribution is -0.126. The highest BCUT2D eigenvalue weighted by atomic mass is 127. The number of ether oxygens (including phenoxy) is 2. The Labute approximate surface area is 322 Å². The van der Waals surface area contributed by atoms with E-state index in [1.807, 2.05) is 91.9 Å². The second-order valence-electron chi connectivity index (χ2n) is 11.4. The highest BCUT2D eigenvalue weighted by Gasteiger charge is 2.35. The van der Waals surface area contributed by atoms with Crippen LogP contribution in [0.5, 0.6) is 11.5 Å². The van der Waals surface area contributed by atoms with Crippen LogP contribution >= 0.6 is 34.4 Å². The molecule has 0 saturated carbocycles. The number of nitrogens with one attached hydrogen (secondary N) is 1. The van der Waals surface area contributed by atoms with Crippen LogP contribution in [0.15, 0.2) is 150 Å². The van der Waals surface area contributed by atoms with E-state index in [0.717, 1.165) is 32.0 Å². The van der Waals surface area contributed by atoms with Crippen LogP contribution < -0.4 is 14.8 Å². The summed E-state index contributed by atoms with van der Waals surface area (Å²) in [7, 11) is 0. The number of benzene rings is 4. The zero-order chi connectivity index (χ0) is 36.9. The minimum atomic E-state index is -0.712. The second-order valence-corrected chi connectivity index (χ2v) is 13.6. The van der Waals surface area contributed by atoms with Crippen molar-refractivity contribution >= 4 is 63.3 Å². The monoisotopic (exact) mass is 823 g/mol. The highest BCUT2D eigenvalue weighted by Crippen LogP contribution is 2.32. The van der Waals surface area contributed by atoms with Gasteiger partial charge in [0.1, 0.15) is 12.2 Å². The molecule has 0 aliphatic carbocycles. The molecule has 0 radical (unpaired) electrons. The summed E-state index contributed by atoms with van der Waals surface area (Å²) in [4.78, 5) is 46.8. The van der Waals surface area contributed by atoms with E-state index in [1.54, 1.807) is 49.4 Å². The van der Waals surface area contributed by atoms with Crippen molar-refractivity contribution in [2.75, 3.05) is 12.4 Å². The number of carbonyl (C=O) groups is 3. The summed E-state index contributed by atoms with van der Waals surface area (Å²) in [6.07, 6.45) is 8.19. The van der Waals surface area contributed by atoms with E-state index in [0.29, 0.717) is 36.0 Å². The van der Waals surface area contributed by atoms with Crippen LogP contribution in [0.1, 0.15) is 42.1 Å². The van der Waals surface area contributed by atoms with Crippen LogP contribution in [0.4, 0.5) is 0 Å². The van der Waals surface area contributed by atoms with E-state index in [1.165, 1.54) is 11.0 Å². The molecule has 8 nitrogen and oxygen atoms in total. The molecular formula is C42H38IN3O5S. The number of amidine groups is 1. The third-order valence-corrected chi connectivity index (χ3v) is 9.46. The summed E-state index contributed by atoms with van der Waals surface area (Å²) in [5.74, 6) is -0.651. The number of nitrogens with zero attached hydrogens (tertiary/aromatic N) is 2. The van der Waals surface area contributed by atoms with Crippen LogP contribution in [0.3, 0.4) is 0 Å². The average Bonchev–Trinajstić information content (AvgIpc) is 3.16. The molecule has 0 aromatic heterocycles. The molecule has 0 saturated heterocycles. The van der Waals surface area contributed by atoms with E-state index >= 15 is 0 Å². The summed E-state index contributed by atoms with van der Waals surface area (Å²) >= 11 is 3.27. The first-order chi connectivity index (χ1) is 25.3. The number of thioether (sulfide) groups is 1. The SMILES string of the molecule is C=C/C=C\C(=C/C)N1C(=O)/C(=C/c2ccc(OCc3ccc(I)cc3)c(OCC)c2)C(=O)N=C1SCC(=O)NC(c1ccccc1)c1ccccc1. The van der Waals surface area contributed by atoms with Crippen molar-refractivity contribution in [3.63, 3.8) is 0 Å². The fourth-order valence-electron chi connectivity index (χ4n) is 5.30. The van der Waals surface area contributed by atoms with Crippen molar-refractivity contribution in [3.8, 4) is 11.5 Å². The van der Waals surface area contributed by atoms with Gasteiger partial charge in [-0.15, -0.1) is 0 Å². The lowest BCUT2D eigenvalue weighted by Gasteiger charge is -2.28. The van der Waals surface area contributed by atoms with Crippen LogP contribution in [-0.2, 0) is 21.0 Å². The van der Waals surface area contributed by atoms with Crippen molar-refractivity contribution in [2.24, 2.45) is 4.99 Å². The van der Waals surface area contributed by atoms with Gasteiger partial charge in [0, 0.05) is 9.27 Å². The van der Waals surface area contributed by atoms with Gasteiger partial charge in [0.05, 0.1) is 18.4 Å². The second kappa shape index (κ2) is 18.9. The van der Waals surface area contributed by atoms with Gasteiger partial charge >= 0.3 is 0 Å². The number of hydrogen-bond acceptors (Lipinski definition) is 6. The van der Waals surface area contributed by atoms with Gasteiger partial charge in [-0.25, -0.2) is 0 Å². The van der Waals surface area contributed by atoms with Gasteiger partial charge in [-0.05, 0) is 95.1 Å². The fourth-order valence-corrected chi connectivity index (χ4v) is 6.47. The Morgan fingerprint density at radius 2 is 1.62 bits per heavy atom. The Morgan fingerprint density at radius 1 is 0.942 bits per heavy atom. The first-order valence-corrected chi connectivity index (χ1v) is 18.7. The zero-order valence-corrected chi connectivity index (χ0v) is 31.8. The van der Waals surface area contributed by atoms with Gasteiger partial charge in [0.2, 0.25) is 5.91 Å². The van der Waals surface area contributed by atoms with E-state index in [2.05, 4.69) is 39.5 Å². The van der Waals surface area contributed by atoms with Crippen LogP contribution in [0.2, 0.25) is 0 Å². The molecule has 3 amide bonds. The largest absolute Gasteiger partial charge is 0.490 e. The van der Waals surface area contributed by atoms with E-state index in [-0.39, 0.29) is 28.4 Å². The normalized spacial score (nSPS) is 14.2. The number of carbonyl (C=O) groups excluding carboxylic acids is 3. The van der Waals surface area contributed by atoms with Gasteiger partial charge < -0.3 is 14.8 Å². The van der Waals surface area contributed by atoms with Crippen molar-refractivity contribution in [3.05, 3.63) is 171 Å². The van der Waals surface area contributed by atoms with E-state index in [4.69, 9.17) is 9.47 Å². The number of amides is 3. The quantitative estimate of drug-likeness (QED) is 0.0592. The van der Waals surface area contributed by atoms with Crippen LogP contribution in [0.25, 0.3) is 6.08 Å². The summed E-state index contributed by atoms with van der Waals surface area (Å²) in [5.41, 5.74) is 3.75. The summed E-state index contributed by atoms with van der Waals surface area (Å²) in [6, 6.07) is 32.2. The summed E-state index contributed by atoms with van der Waals surface area (Å²) in [5, 5.41) is 3.20. The molecule has 0 bridgehead atoms. The van der Waals surface area contributed by atoms with Gasteiger partial charge in [0.25, 0.3) is 11.8 Å². The van der Waals surface area contributed by atoms with Crippen molar-refractivity contribution in [1.82, 2.24) is 10.2 Å². The van der Waals surface area contributed by atoms with Gasteiger partial charge in [0.15, 0.2) is 16.7 Å². The standard InChI is InChI=1S/C42H38IN3O5S/c1-4-7-18-34(5-2)46-41(49)35(25-30-21-24-36(37(26-30)50-6-3)51-27-29-19-22-33(43)23-20-29)40(48)45-42(46)52-28-38(47)44-39(31-14-10-8-11-15-31)32-16-12-9-13-17-32/h4-5,7-26,39H,1,6,27-28H2,2-3H3,(H,44,47)/b18-7-,34-5+,35-25+. The summed E-state index contributed by atoms with van der Waals surface area (Å²) in [6.45, 7) is 8.12. The lowest BCUT2D eigenvalue weighted by Crippen LogP contribution is -2.42. The molecule has 1 N–H and O–H groups in total. The Kier molecular flexibility index (Phi) is 13.8. The molecule has 5 rings (SSSR count). The molecule has 0 atom stereocenters. The van der Waals surface area contributed by atoms with Gasteiger partial charge in [-0.2, -0.15) is 4.99 Å². The van der Waals surface area contributed by atoms with E-state index in [9.17, 15) is 14.4 Å². The zero-order valence-electron chi connectivity index (χ0n) is 28.8. The first-order valence-electron chi connectivity index (χ1n) is 16.6. The Morgan fingerprint density at radius 3 is 2.23 bits per heavy atom. The average molecular weight is 824 g/mol. The molecule has 52 heavy (non-hydrogen) atoms. The third-order valence-electron chi connectivity index (χ3n) is 7.80. The summed E-state index contributed by atoms with van der Waals surface area (Å²) < 4.78 is 13.1. The molecular weight excluding hydrogens is 785 g/mol. The predicted octanol–water partition coefficient (Wildman–Crippen LogP) is 8.66. The van der Waals surface area contributed by atoms with Crippen molar-refractivity contribution in [2.45, 2.75) is 26.5 Å². The Balaban J connectivity index is 1.39. The Bertz CT molecular complexity index is 1990. The van der Waals surface area contributed by atoms with Gasteiger partial charge in [-0.1, -0.05) is 115 Å². The molecule has 4 aromatic carbocycles. The van der Waals surface area contributed by atoms with Gasteiger partial charge in [-0.3, -0.25) is 19.3 Å². The maximum Gasteiger partial charge on any atom is 0.285 e. The third kappa shape index (κ3) is 9.98. The predicted molar refractivity (Wildman–Crippen MR) is 217 cm³/mol.